The summed E-state index contributed by atoms with van der Waals surface area (Å²) in [4.78, 5) is 25.2. The number of aryl methyl sites for hydroxylation is 1. The zero-order chi connectivity index (χ0) is 24.2. The van der Waals surface area contributed by atoms with E-state index >= 15 is 0 Å². The van der Waals surface area contributed by atoms with Gasteiger partial charge in [-0.25, -0.2) is 18.0 Å². The van der Waals surface area contributed by atoms with Crippen LogP contribution in [0.4, 0.5) is 5.69 Å². The Kier molecular flexibility index (Phi) is 7.27. The van der Waals surface area contributed by atoms with Crippen molar-refractivity contribution in [3.8, 4) is 0 Å². The van der Waals surface area contributed by atoms with Gasteiger partial charge in [-0.15, -0.1) is 0 Å². The van der Waals surface area contributed by atoms with Crippen LogP contribution in [0.15, 0.2) is 47.4 Å². The van der Waals surface area contributed by atoms with Crippen LogP contribution in [0.3, 0.4) is 0 Å². The maximum atomic E-state index is 13.1. The summed E-state index contributed by atoms with van der Waals surface area (Å²) in [6, 6.07) is 9.71. The first-order valence-electron chi connectivity index (χ1n) is 10.8. The molecular formula is C25H29NO6S. The van der Waals surface area contributed by atoms with E-state index in [0.29, 0.717) is 12.0 Å². The summed E-state index contributed by atoms with van der Waals surface area (Å²) < 4.78 is 39.2. The number of rotatable bonds is 6. The second kappa shape index (κ2) is 9.79. The molecule has 3 rings (SSSR count). The van der Waals surface area contributed by atoms with Crippen LogP contribution in [0.1, 0.15) is 60.7 Å². The normalized spacial score (nSPS) is 13.9. The molecule has 0 heterocycles. The second-order valence-electron chi connectivity index (χ2n) is 8.84. The minimum Gasteiger partial charge on any atom is -0.465 e. The highest BCUT2D eigenvalue weighted by atomic mass is 32.2. The Balaban J connectivity index is 2.17. The van der Waals surface area contributed by atoms with Crippen LogP contribution in [-0.2, 0) is 37.1 Å². The van der Waals surface area contributed by atoms with E-state index in [4.69, 9.17) is 9.47 Å². The molecule has 0 unspecified atom stereocenters. The summed E-state index contributed by atoms with van der Waals surface area (Å²) in [6.07, 6.45) is 5.93. The average Bonchev–Trinajstić information content (AvgIpc) is 2.76. The van der Waals surface area contributed by atoms with Gasteiger partial charge in [-0.3, -0.25) is 4.72 Å². The first kappa shape index (κ1) is 24.5. The number of hydrogen-bond acceptors (Lipinski definition) is 6. The fraction of sp³-hybridized carbons (Fsp3) is 0.360. The van der Waals surface area contributed by atoms with Crippen molar-refractivity contribution in [2.24, 2.45) is 0 Å². The summed E-state index contributed by atoms with van der Waals surface area (Å²) >= 11 is 0. The topological polar surface area (TPSA) is 98.8 Å². The molecule has 8 heteroatoms. The molecule has 0 aromatic heterocycles. The number of esters is 2. The third-order valence-electron chi connectivity index (χ3n) is 5.17. The molecule has 33 heavy (non-hydrogen) atoms. The molecule has 2 aromatic carbocycles. The van der Waals surface area contributed by atoms with Gasteiger partial charge in [0, 0.05) is 11.6 Å². The molecule has 0 amide bonds. The van der Waals surface area contributed by atoms with Crippen LogP contribution in [0.5, 0.6) is 0 Å². The molecule has 0 radical (unpaired) electrons. The Morgan fingerprint density at radius 2 is 1.73 bits per heavy atom. The maximum Gasteiger partial charge on any atom is 0.340 e. The van der Waals surface area contributed by atoms with Crippen molar-refractivity contribution in [3.63, 3.8) is 0 Å². The van der Waals surface area contributed by atoms with Crippen LogP contribution in [-0.4, -0.2) is 33.1 Å². The molecule has 2 aromatic rings. The molecule has 0 spiro atoms. The fourth-order valence-corrected chi connectivity index (χ4v) is 4.91. The monoisotopic (exact) mass is 471 g/mol. The second-order valence-corrected chi connectivity index (χ2v) is 10.5. The van der Waals surface area contributed by atoms with Gasteiger partial charge in [0.1, 0.15) is 5.60 Å². The van der Waals surface area contributed by atoms with Crippen LogP contribution in [0.2, 0.25) is 0 Å². The molecule has 0 aliphatic heterocycles. The lowest BCUT2D eigenvalue weighted by Gasteiger charge is -2.24. The van der Waals surface area contributed by atoms with E-state index in [9.17, 15) is 18.0 Å². The number of sulfonamides is 1. The predicted octanol–water partition coefficient (Wildman–Crippen LogP) is 4.51. The molecule has 176 valence electrons. The zero-order valence-corrected chi connectivity index (χ0v) is 20.1. The summed E-state index contributed by atoms with van der Waals surface area (Å²) in [5, 5.41) is 0. The lowest BCUT2D eigenvalue weighted by atomic mass is 9.85. The molecule has 0 atom stereocenters. The van der Waals surface area contributed by atoms with Crippen LogP contribution >= 0.6 is 0 Å². The van der Waals surface area contributed by atoms with Crippen molar-refractivity contribution >= 4 is 33.7 Å². The number of anilines is 1. The van der Waals surface area contributed by atoms with E-state index in [2.05, 4.69) is 4.72 Å². The SMILES string of the molecule is COC(=O)c1c2c(cc(C=CC(=O)OC(C)(C)C)c1NS(=O)(=O)c1ccccc1)CCCC2. The van der Waals surface area contributed by atoms with E-state index in [1.165, 1.54) is 31.4 Å². The number of fused-ring (bicyclic) bond motifs is 1. The smallest absolute Gasteiger partial charge is 0.340 e. The van der Waals surface area contributed by atoms with Gasteiger partial charge in [0.05, 0.1) is 23.3 Å². The maximum absolute atomic E-state index is 13.1. The predicted molar refractivity (Wildman–Crippen MR) is 127 cm³/mol. The molecule has 1 N–H and O–H groups in total. The van der Waals surface area contributed by atoms with Gasteiger partial charge in [-0.05, 0) is 81.9 Å². The highest BCUT2D eigenvalue weighted by Crippen LogP contribution is 2.35. The molecule has 0 bridgehead atoms. The third-order valence-corrected chi connectivity index (χ3v) is 6.53. The molecular weight excluding hydrogens is 442 g/mol. The number of nitrogens with one attached hydrogen (secondary N) is 1. The Hall–Kier alpha value is -3.13. The van der Waals surface area contributed by atoms with Crippen LogP contribution < -0.4 is 4.72 Å². The van der Waals surface area contributed by atoms with Gasteiger partial charge in [-0.1, -0.05) is 18.2 Å². The average molecular weight is 472 g/mol. The molecule has 7 nitrogen and oxygen atoms in total. The number of carbonyl (C=O) groups excluding carboxylic acids is 2. The number of ether oxygens (including phenoxy) is 2. The first-order valence-corrected chi connectivity index (χ1v) is 12.3. The van der Waals surface area contributed by atoms with Crippen LogP contribution in [0.25, 0.3) is 6.08 Å². The van der Waals surface area contributed by atoms with Crippen molar-refractivity contribution in [1.29, 1.82) is 0 Å². The standard InChI is InChI=1S/C25H29NO6S/c1-25(2,3)32-21(27)15-14-18-16-17-10-8-9-13-20(17)22(24(28)31-4)23(18)26-33(29,30)19-11-6-5-7-12-19/h5-7,11-12,14-16,26H,8-10,13H2,1-4H3. The van der Waals surface area contributed by atoms with Crippen molar-refractivity contribution in [2.75, 3.05) is 11.8 Å². The number of carbonyl (C=O) groups is 2. The molecule has 0 fully saturated rings. The van der Waals surface area contributed by atoms with E-state index < -0.39 is 27.6 Å². The van der Waals surface area contributed by atoms with E-state index in [1.807, 2.05) is 6.07 Å². The van der Waals surface area contributed by atoms with Crippen molar-refractivity contribution < 1.29 is 27.5 Å². The quantitative estimate of drug-likeness (QED) is 0.492. The third kappa shape index (κ3) is 6.01. The summed E-state index contributed by atoms with van der Waals surface area (Å²) in [6.45, 7) is 5.27. The molecule has 1 aliphatic carbocycles. The molecule has 1 aliphatic rings. The highest BCUT2D eigenvalue weighted by molar-refractivity contribution is 7.92. The van der Waals surface area contributed by atoms with Crippen molar-refractivity contribution in [2.45, 2.75) is 57.0 Å². The summed E-state index contributed by atoms with van der Waals surface area (Å²) in [5.41, 5.74) is 1.69. The van der Waals surface area contributed by atoms with Gasteiger partial charge in [-0.2, -0.15) is 0 Å². The van der Waals surface area contributed by atoms with Gasteiger partial charge in [0.2, 0.25) is 0 Å². The first-order chi connectivity index (χ1) is 15.5. The number of benzene rings is 2. The van der Waals surface area contributed by atoms with Crippen molar-refractivity contribution in [3.05, 3.63) is 64.7 Å². The Morgan fingerprint density at radius 1 is 1.06 bits per heavy atom. The van der Waals surface area contributed by atoms with Gasteiger partial charge >= 0.3 is 11.9 Å². The minimum absolute atomic E-state index is 0.0561. The lowest BCUT2D eigenvalue weighted by Crippen LogP contribution is -2.22. The number of methoxy groups -OCH3 is 1. The Bertz CT molecular complexity index is 1180. The number of hydrogen-bond donors (Lipinski definition) is 1. The minimum atomic E-state index is -4.00. The Morgan fingerprint density at radius 3 is 2.36 bits per heavy atom. The Labute approximate surface area is 194 Å². The highest BCUT2D eigenvalue weighted by Gasteiger charge is 2.28. The lowest BCUT2D eigenvalue weighted by molar-refractivity contribution is -0.148. The van der Waals surface area contributed by atoms with Gasteiger partial charge in [0.15, 0.2) is 0 Å². The zero-order valence-electron chi connectivity index (χ0n) is 19.3. The van der Waals surface area contributed by atoms with Gasteiger partial charge < -0.3 is 9.47 Å². The van der Waals surface area contributed by atoms with Crippen LogP contribution in [0, 0.1) is 0 Å². The van der Waals surface area contributed by atoms with E-state index in [0.717, 1.165) is 30.4 Å². The molecule has 0 saturated carbocycles. The summed E-state index contributed by atoms with van der Waals surface area (Å²) in [7, 11) is -2.74. The van der Waals surface area contributed by atoms with Crippen molar-refractivity contribution in [1.82, 2.24) is 0 Å². The fourth-order valence-electron chi connectivity index (χ4n) is 3.78. The van der Waals surface area contributed by atoms with E-state index in [1.54, 1.807) is 39.0 Å². The molecule has 0 saturated heterocycles. The van der Waals surface area contributed by atoms with Gasteiger partial charge in [0.25, 0.3) is 10.0 Å². The van der Waals surface area contributed by atoms with E-state index in [-0.39, 0.29) is 16.1 Å². The largest absolute Gasteiger partial charge is 0.465 e. The summed E-state index contributed by atoms with van der Waals surface area (Å²) in [5.74, 6) is -1.21.